The van der Waals surface area contributed by atoms with E-state index in [9.17, 15) is 4.79 Å². The first-order valence-corrected chi connectivity index (χ1v) is 4.06. The molecule has 13 heavy (non-hydrogen) atoms. The zero-order valence-electron chi connectivity index (χ0n) is 8.07. The number of hydrogen-bond donors (Lipinski definition) is 0. The zero-order chi connectivity index (χ0) is 9.84. The van der Waals surface area contributed by atoms with Crippen LogP contribution < -0.4 is 0 Å². The smallest absolute Gasteiger partial charge is 0.357 e. The van der Waals surface area contributed by atoms with E-state index in [1.54, 1.807) is 26.2 Å². The van der Waals surface area contributed by atoms with Gasteiger partial charge in [0.25, 0.3) is 0 Å². The van der Waals surface area contributed by atoms with E-state index in [-0.39, 0.29) is 5.97 Å². The van der Waals surface area contributed by atoms with Crippen molar-refractivity contribution in [1.82, 2.24) is 5.06 Å². The molecular formula is C10H13NO2. The van der Waals surface area contributed by atoms with Crippen LogP contribution in [0.3, 0.4) is 0 Å². The molecule has 0 N–H and O–H groups in total. The van der Waals surface area contributed by atoms with Gasteiger partial charge in [0.05, 0.1) is 5.56 Å². The van der Waals surface area contributed by atoms with Crippen molar-refractivity contribution in [3.05, 3.63) is 35.4 Å². The third-order valence-electron chi connectivity index (χ3n) is 1.52. The van der Waals surface area contributed by atoms with E-state index in [4.69, 9.17) is 4.84 Å². The van der Waals surface area contributed by atoms with Crippen LogP contribution in [0.25, 0.3) is 0 Å². The second kappa shape index (κ2) is 4.05. The van der Waals surface area contributed by atoms with Gasteiger partial charge in [0.15, 0.2) is 0 Å². The molecule has 3 nitrogen and oxygen atoms in total. The molecule has 0 atom stereocenters. The molecule has 70 valence electrons. The maximum Gasteiger partial charge on any atom is 0.357 e. The lowest BCUT2D eigenvalue weighted by Crippen LogP contribution is -2.18. The molecule has 0 radical (unpaired) electrons. The van der Waals surface area contributed by atoms with Crippen molar-refractivity contribution in [2.75, 3.05) is 14.1 Å². The number of rotatable bonds is 2. The molecule has 0 aliphatic carbocycles. The largest absolute Gasteiger partial charge is 0.364 e. The summed E-state index contributed by atoms with van der Waals surface area (Å²) in [5.41, 5.74) is 1.63. The van der Waals surface area contributed by atoms with Gasteiger partial charge in [-0.15, -0.1) is 5.06 Å². The second-order valence-electron chi connectivity index (χ2n) is 3.06. The van der Waals surface area contributed by atoms with Gasteiger partial charge in [-0.2, -0.15) is 0 Å². The average molecular weight is 179 g/mol. The fourth-order valence-corrected chi connectivity index (χ4v) is 0.991. The Morgan fingerprint density at radius 1 is 1.38 bits per heavy atom. The Morgan fingerprint density at radius 3 is 2.62 bits per heavy atom. The third-order valence-corrected chi connectivity index (χ3v) is 1.52. The quantitative estimate of drug-likeness (QED) is 0.646. The highest BCUT2D eigenvalue weighted by Crippen LogP contribution is 2.05. The predicted molar refractivity (Wildman–Crippen MR) is 50.3 cm³/mol. The molecule has 1 aromatic carbocycles. The minimum absolute atomic E-state index is 0.325. The predicted octanol–water partition coefficient (Wildman–Crippen LogP) is 1.63. The van der Waals surface area contributed by atoms with Gasteiger partial charge in [0, 0.05) is 14.1 Å². The molecule has 0 aliphatic heterocycles. The first-order chi connectivity index (χ1) is 6.09. The number of hydroxylamine groups is 2. The van der Waals surface area contributed by atoms with E-state index in [1.807, 2.05) is 19.1 Å². The van der Waals surface area contributed by atoms with Gasteiger partial charge in [-0.1, -0.05) is 17.7 Å². The first kappa shape index (κ1) is 9.74. The Balaban J connectivity index is 2.77. The number of hydrogen-bond acceptors (Lipinski definition) is 3. The third kappa shape index (κ3) is 2.87. The van der Waals surface area contributed by atoms with Crippen molar-refractivity contribution in [2.45, 2.75) is 6.92 Å². The Hall–Kier alpha value is -1.35. The molecule has 3 heteroatoms. The lowest BCUT2D eigenvalue weighted by molar-refractivity contribution is -0.0713. The van der Waals surface area contributed by atoms with Crippen molar-refractivity contribution in [2.24, 2.45) is 0 Å². The molecule has 1 aromatic rings. The molecule has 0 amide bonds. The molecule has 1 rings (SSSR count). The number of carbonyl (C=O) groups is 1. The van der Waals surface area contributed by atoms with Gasteiger partial charge in [0.2, 0.25) is 0 Å². The molecule has 0 aromatic heterocycles. The van der Waals surface area contributed by atoms with Gasteiger partial charge in [0.1, 0.15) is 0 Å². The minimum Gasteiger partial charge on any atom is -0.364 e. The summed E-state index contributed by atoms with van der Waals surface area (Å²) in [6.07, 6.45) is 0. The van der Waals surface area contributed by atoms with Crippen LogP contribution in [-0.4, -0.2) is 25.1 Å². The summed E-state index contributed by atoms with van der Waals surface area (Å²) in [6.45, 7) is 1.94. The molecule has 0 spiro atoms. The molecule has 0 unspecified atom stereocenters. The van der Waals surface area contributed by atoms with Crippen molar-refractivity contribution in [3.8, 4) is 0 Å². The van der Waals surface area contributed by atoms with Crippen LogP contribution in [0.15, 0.2) is 24.3 Å². The van der Waals surface area contributed by atoms with Crippen LogP contribution in [0.5, 0.6) is 0 Å². The maximum absolute atomic E-state index is 11.3. The lowest BCUT2D eigenvalue weighted by Gasteiger charge is -2.09. The highest BCUT2D eigenvalue weighted by atomic mass is 16.7. The zero-order valence-corrected chi connectivity index (χ0v) is 8.07. The lowest BCUT2D eigenvalue weighted by atomic mass is 10.1. The van der Waals surface area contributed by atoms with Crippen molar-refractivity contribution >= 4 is 5.97 Å². The Kier molecular flexibility index (Phi) is 3.03. The van der Waals surface area contributed by atoms with Crippen LogP contribution >= 0.6 is 0 Å². The van der Waals surface area contributed by atoms with Gasteiger partial charge < -0.3 is 4.84 Å². The maximum atomic E-state index is 11.3. The normalized spacial score (nSPS) is 10.2. The summed E-state index contributed by atoms with van der Waals surface area (Å²) in [5, 5.41) is 1.38. The van der Waals surface area contributed by atoms with Crippen LogP contribution in [0.1, 0.15) is 15.9 Å². The fraction of sp³-hybridized carbons (Fsp3) is 0.300. The number of carbonyl (C=O) groups excluding carboxylic acids is 1. The standard InChI is InChI=1S/C10H13NO2/c1-8-5-4-6-9(7-8)10(12)13-11(2)3/h4-7H,1-3H3. The first-order valence-electron chi connectivity index (χ1n) is 4.06. The summed E-state index contributed by atoms with van der Waals surface area (Å²) >= 11 is 0. The summed E-state index contributed by atoms with van der Waals surface area (Å²) in [5.74, 6) is -0.325. The molecular weight excluding hydrogens is 166 g/mol. The molecule has 0 saturated carbocycles. The van der Waals surface area contributed by atoms with Gasteiger partial charge in [-0.3, -0.25) is 0 Å². The molecule has 0 aliphatic rings. The monoisotopic (exact) mass is 179 g/mol. The number of benzene rings is 1. The second-order valence-corrected chi connectivity index (χ2v) is 3.06. The minimum atomic E-state index is -0.325. The topological polar surface area (TPSA) is 29.5 Å². The van der Waals surface area contributed by atoms with E-state index in [2.05, 4.69) is 0 Å². The molecule has 0 bridgehead atoms. The Labute approximate surface area is 77.9 Å². The van der Waals surface area contributed by atoms with E-state index < -0.39 is 0 Å². The number of nitrogens with zero attached hydrogens (tertiary/aromatic N) is 1. The summed E-state index contributed by atoms with van der Waals surface area (Å²) < 4.78 is 0. The van der Waals surface area contributed by atoms with E-state index in [1.165, 1.54) is 5.06 Å². The Bertz CT molecular complexity index is 308. The van der Waals surface area contributed by atoms with Crippen LogP contribution in [0.4, 0.5) is 0 Å². The van der Waals surface area contributed by atoms with E-state index in [0.29, 0.717) is 5.56 Å². The summed E-state index contributed by atoms with van der Waals surface area (Å²) in [4.78, 5) is 16.2. The van der Waals surface area contributed by atoms with E-state index >= 15 is 0 Å². The van der Waals surface area contributed by atoms with Crippen LogP contribution in [-0.2, 0) is 4.84 Å². The highest BCUT2D eigenvalue weighted by Gasteiger charge is 2.07. The number of aryl methyl sites for hydroxylation is 1. The SMILES string of the molecule is Cc1cccc(C(=O)ON(C)C)c1. The molecule has 0 saturated heterocycles. The van der Waals surface area contributed by atoms with Gasteiger partial charge in [-0.25, -0.2) is 4.79 Å². The van der Waals surface area contributed by atoms with Crippen LogP contribution in [0, 0.1) is 6.92 Å². The summed E-state index contributed by atoms with van der Waals surface area (Å²) in [6, 6.07) is 7.30. The van der Waals surface area contributed by atoms with Gasteiger partial charge in [-0.05, 0) is 19.1 Å². The highest BCUT2D eigenvalue weighted by molar-refractivity contribution is 5.89. The van der Waals surface area contributed by atoms with Crippen LogP contribution in [0.2, 0.25) is 0 Å². The fourth-order valence-electron chi connectivity index (χ4n) is 0.991. The van der Waals surface area contributed by atoms with E-state index in [0.717, 1.165) is 5.56 Å². The Morgan fingerprint density at radius 2 is 2.08 bits per heavy atom. The van der Waals surface area contributed by atoms with Crippen molar-refractivity contribution in [3.63, 3.8) is 0 Å². The van der Waals surface area contributed by atoms with Crippen molar-refractivity contribution in [1.29, 1.82) is 0 Å². The molecule has 0 fully saturated rings. The van der Waals surface area contributed by atoms with Gasteiger partial charge >= 0.3 is 5.97 Å². The van der Waals surface area contributed by atoms with Crippen molar-refractivity contribution < 1.29 is 9.63 Å². The average Bonchev–Trinajstić information content (AvgIpc) is 2.03. The molecule has 0 heterocycles. The summed E-state index contributed by atoms with van der Waals surface area (Å²) in [7, 11) is 3.35.